The molecule has 2 aromatic rings. The van der Waals surface area contributed by atoms with Crippen LogP contribution < -0.4 is 21.7 Å². The molecule has 0 fully saturated rings. The summed E-state index contributed by atoms with van der Waals surface area (Å²) in [6.07, 6.45) is 0. The van der Waals surface area contributed by atoms with E-state index in [-0.39, 0.29) is 17.0 Å². The van der Waals surface area contributed by atoms with Crippen molar-refractivity contribution in [2.75, 3.05) is 27.2 Å². The molecule has 0 atom stereocenters. The van der Waals surface area contributed by atoms with Crippen LogP contribution in [0.15, 0.2) is 48.5 Å². The maximum atomic E-state index is 5.97. The normalized spacial score (nSPS) is 10.9. The zero-order chi connectivity index (χ0) is 15.3. The highest BCUT2D eigenvalue weighted by Crippen LogP contribution is 2.26. The zero-order valence-electron chi connectivity index (χ0n) is 12.7. The van der Waals surface area contributed by atoms with Crippen molar-refractivity contribution in [1.29, 1.82) is 0 Å². The maximum absolute atomic E-state index is 5.97. The Morgan fingerprint density at radius 3 is 2.27 bits per heavy atom. The molecule has 0 bridgehead atoms. The summed E-state index contributed by atoms with van der Waals surface area (Å²) < 4.78 is 6.62. The van der Waals surface area contributed by atoms with E-state index < -0.39 is 0 Å². The van der Waals surface area contributed by atoms with E-state index in [1.807, 2.05) is 12.1 Å². The molecule has 0 unspecified atom stereocenters. The van der Waals surface area contributed by atoms with Crippen molar-refractivity contribution in [1.82, 2.24) is 0 Å². The summed E-state index contributed by atoms with van der Waals surface area (Å²) >= 11 is 11.9. The van der Waals surface area contributed by atoms with Gasteiger partial charge in [-0.1, -0.05) is 53.5 Å². The fraction of sp³-hybridized carbons (Fsp3) is 0.294. The van der Waals surface area contributed by atoms with Gasteiger partial charge >= 0.3 is 0 Å². The average Bonchev–Trinajstić information content (AvgIpc) is 2.43. The fourth-order valence-electron chi connectivity index (χ4n) is 2.13. The molecule has 0 aliphatic heterocycles. The van der Waals surface area contributed by atoms with Crippen molar-refractivity contribution >= 4 is 23.2 Å². The van der Waals surface area contributed by atoms with Gasteiger partial charge in [-0.15, -0.1) is 0 Å². The Morgan fingerprint density at radius 1 is 0.955 bits per heavy atom. The third-order valence-corrected chi connectivity index (χ3v) is 4.05. The van der Waals surface area contributed by atoms with Gasteiger partial charge < -0.3 is 26.2 Å². The van der Waals surface area contributed by atoms with Crippen LogP contribution in [0.2, 0.25) is 10.0 Å². The third kappa shape index (κ3) is 6.17. The van der Waals surface area contributed by atoms with Gasteiger partial charge in [-0.25, -0.2) is 0 Å². The summed E-state index contributed by atoms with van der Waals surface area (Å²) in [5, 5.41) is 1.07. The number of quaternary nitrogens is 1. The molecule has 5 heteroatoms. The Balaban J connectivity index is 0.00000242. The lowest BCUT2D eigenvalue weighted by molar-refractivity contribution is -0.903. The van der Waals surface area contributed by atoms with E-state index in [9.17, 15) is 0 Å². The molecule has 0 heterocycles. The van der Waals surface area contributed by atoms with E-state index >= 15 is 0 Å². The van der Waals surface area contributed by atoms with Crippen LogP contribution in [-0.4, -0.2) is 31.7 Å². The first kappa shape index (κ1) is 19.3. The van der Waals surface area contributed by atoms with Crippen molar-refractivity contribution in [3.63, 3.8) is 0 Å². The molecule has 120 valence electrons. The second-order valence-electron chi connectivity index (χ2n) is 5.73. The van der Waals surface area contributed by atoms with E-state index in [1.54, 1.807) is 12.1 Å². The van der Waals surface area contributed by atoms with Crippen LogP contribution in [0.25, 0.3) is 0 Å². The second kappa shape index (κ2) is 8.78. The average molecular weight is 405 g/mol. The van der Waals surface area contributed by atoms with Crippen LogP contribution in [-0.2, 0) is 6.54 Å². The lowest BCUT2D eigenvalue weighted by atomic mass is 10.2. The van der Waals surface area contributed by atoms with Crippen LogP contribution in [0.3, 0.4) is 0 Å². The number of nitrogens with zero attached hydrogens (tertiary/aromatic N) is 1. The number of halogens is 3. The molecular formula is C17H20BrCl2NO. The molecule has 0 saturated heterocycles. The van der Waals surface area contributed by atoms with Crippen LogP contribution in [0, 0.1) is 0 Å². The lowest BCUT2D eigenvalue weighted by Crippen LogP contribution is -3.00. The number of likely N-dealkylation sites (N-methyl/N-ethyl adjacent to an activating group) is 1. The van der Waals surface area contributed by atoms with Gasteiger partial charge in [0.15, 0.2) is 0 Å². The number of hydrogen-bond donors (Lipinski definition) is 0. The lowest BCUT2D eigenvalue weighted by Gasteiger charge is -2.29. The van der Waals surface area contributed by atoms with Crippen molar-refractivity contribution in [2.45, 2.75) is 6.54 Å². The van der Waals surface area contributed by atoms with E-state index in [0.717, 1.165) is 23.3 Å². The van der Waals surface area contributed by atoms with Gasteiger partial charge in [-0.3, -0.25) is 0 Å². The molecule has 2 nitrogen and oxygen atoms in total. The molecule has 0 aliphatic rings. The van der Waals surface area contributed by atoms with Crippen LogP contribution in [0.4, 0.5) is 0 Å². The smallest absolute Gasteiger partial charge is 0.137 e. The number of ether oxygens (including phenoxy) is 1. The summed E-state index contributed by atoms with van der Waals surface area (Å²) in [4.78, 5) is 0. The van der Waals surface area contributed by atoms with Gasteiger partial charge in [-0.05, 0) is 12.1 Å². The highest BCUT2D eigenvalue weighted by atomic mass is 79.9. The van der Waals surface area contributed by atoms with Gasteiger partial charge in [0, 0.05) is 11.6 Å². The van der Waals surface area contributed by atoms with Gasteiger partial charge in [0.25, 0.3) is 0 Å². The topological polar surface area (TPSA) is 9.23 Å². The Bertz CT molecular complexity index is 590. The van der Waals surface area contributed by atoms with Gasteiger partial charge in [-0.2, -0.15) is 0 Å². The third-order valence-electron chi connectivity index (χ3n) is 3.31. The molecule has 0 spiro atoms. The van der Waals surface area contributed by atoms with E-state index in [1.165, 1.54) is 5.56 Å². The highest BCUT2D eigenvalue weighted by molar-refractivity contribution is 6.42. The summed E-state index contributed by atoms with van der Waals surface area (Å²) in [6, 6.07) is 15.8. The number of rotatable bonds is 6. The van der Waals surface area contributed by atoms with Crippen molar-refractivity contribution in [2.24, 2.45) is 0 Å². The van der Waals surface area contributed by atoms with Crippen LogP contribution in [0.1, 0.15) is 5.56 Å². The van der Waals surface area contributed by atoms with Gasteiger partial charge in [0.2, 0.25) is 0 Å². The predicted molar refractivity (Wildman–Crippen MR) is 89.1 cm³/mol. The second-order valence-corrected chi connectivity index (χ2v) is 6.54. The minimum atomic E-state index is 0. The molecule has 22 heavy (non-hydrogen) atoms. The summed E-state index contributed by atoms with van der Waals surface area (Å²) in [7, 11) is 4.40. The summed E-state index contributed by atoms with van der Waals surface area (Å²) in [5.74, 6) is 0.754. The summed E-state index contributed by atoms with van der Waals surface area (Å²) in [5.41, 5.74) is 1.33. The maximum Gasteiger partial charge on any atom is 0.137 e. The largest absolute Gasteiger partial charge is 1.00 e. The number of hydrogen-bond acceptors (Lipinski definition) is 1. The SMILES string of the molecule is C[N+](C)(CCOc1ccc(Cl)c(Cl)c1)Cc1ccccc1.[Br-]. The molecule has 2 aromatic carbocycles. The van der Waals surface area contributed by atoms with E-state index in [2.05, 4.69) is 38.4 Å². The molecule has 0 aliphatic carbocycles. The predicted octanol–water partition coefficient (Wildman–Crippen LogP) is 1.65. The van der Waals surface area contributed by atoms with Crippen molar-refractivity contribution < 1.29 is 26.2 Å². The van der Waals surface area contributed by atoms with E-state index in [0.29, 0.717) is 16.7 Å². The first-order valence-corrected chi connectivity index (χ1v) is 7.66. The Hall–Kier alpha value is -0.740. The first-order valence-electron chi connectivity index (χ1n) is 6.90. The molecule has 0 radical (unpaired) electrons. The van der Waals surface area contributed by atoms with Gasteiger partial charge in [0.05, 0.1) is 24.1 Å². The van der Waals surface area contributed by atoms with E-state index in [4.69, 9.17) is 27.9 Å². The molecule has 0 aromatic heterocycles. The molecule has 0 saturated carbocycles. The quantitative estimate of drug-likeness (QED) is 0.665. The van der Waals surface area contributed by atoms with Crippen LogP contribution >= 0.6 is 23.2 Å². The van der Waals surface area contributed by atoms with Gasteiger partial charge in [0.1, 0.15) is 25.4 Å². The molecule has 0 N–H and O–H groups in total. The minimum absolute atomic E-state index is 0. The first-order chi connectivity index (χ1) is 9.96. The van der Waals surface area contributed by atoms with Crippen molar-refractivity contribution in [3.8, 4) is 5.75 Å². The Kier molecular flexibility index (Phi) is 7.70. The monoisotopic (exact) mass is 403 g/mol. The fourth-order valence-corrected chi connectivity index (χ4v) is 2.42. The molecule has 2 rings (SSSR count). The summed E-state index contributed by atoms with van der Waals surface area (Å²) in [6.45, 7) is 2.53. The molecule has 0 amide bonds. The highest BCUT2D eigenvalue weighted by Gasteiger charge is 2.15. The standard InChI is InChI=1S/C17H20Cl2NO.BrH/c1-20(2,13-14-6-4-3-5-7-14)10-11-21-15-8-9-16(18)17(19)12-15;/h3-9,12H,10-11,13H2,1-2H3;1H/q+1;/p-1. The van der Waals surface area contributed by atoms with Crippen LogP contribution in [0.5, 0.6) is 5.75 Å². The number of benzene rings is 2. The Morgan fingerprint density at radius 2 is 1.64 bits per heavy atom. The zero-order valence-corrected chi connectivity index (χ0v) is 15.8. The molecular weight excluding hydrogens is 385 g/mol. The van der Waals surface area contributed by atoms with Crippen molar-refractivity contribution in [3.05, 3.63) is 64.1 Å². The Labute approximate surface area is 153 Å². The minimum Gasteiger partial charge on any atom is -1.00 e.